The fourth-order valence-corrected chi connectivity index (χ4v) is 2.89. The Hall–Kier alpha value is -3.55. The Morgan fingerprint density at radius 1 is 1.14 bits per heavy atom. The Balaban J connectivity index is 1.58. The minimum absolute atomic E-state index is 0.173. The minimum atomic E-state index is -0.732. The molecule has 0 atom stereocenters. The quantitative estimate of drug-likeness (QED) is 0.665. The topological polar surface area (TPSA) is 111 Å². The summed E-state index contributed by atoms with van der Waals surface area (Å²) in [5.41, 5.74) is 6.64. The van der Waals surface area contributed by atoms with E-state index in [2.05, 4.69) is 5.32 Å². The molecular formula is C21H23N3O5. The fourth-order valence-electron chi connectivity index (χ4n) is 2.89. The van der Waals surface area contributed by atoms with E-state index in [1.54, 1.807) is 24.1 Å². The van der Waals surface area contributed by atoms with Gasteiger partial charge in [0.2, 0.25) is 0 Å². The highest BCUT2D eigenvalue weighted by atomic mass is 16.5. The van der Waals surface area contributed by atoms with Crippen LogP contribution in [0.25, 0.3) is 0 Å². The van der Waals surface area contributed by atoms with E-state index in [9.17, 15) is 14.4 Å². The molecule has 0 saturated heterocycles. The van der Waals surface area contributed by atoms with Crippen LogP contribution in [0.5, 0.6) is 5.75 Å². The number of hydrogen-bond acceptors (Lipinski definition) is 5. The molecule has 0 aliphatic heterocycles. The molecule has 0 bridgehead atoms. The average Bonchev–Trinajstić information content (AvgIpc) is 3.55. The molecule has 0 spiro atoms. The summed E-state index contributed by atoms with van der Waals surface area (Å²) in [7, 11) is 1.60. The highest BCUT2D eigenvalue weighted by Crippen LogP contribution is 2.29. The number of carbonyl (C=O) groups is 3. The van der Waals surface area contributed by atoms with Crippen molar-refractivity contribution in [3.8, 4) is 5.75 Å². The number of esters is 1. The van der Waals surface area contributed by atoms with Crippen LogP contribution in [0.15, 0.2) is 48.5 Å². The van der Waals surface area contributed by atoms with Gasteiger partial charge in [-0.2, -0.15) is 0 Å². The third kappa shape index (κ3) is 5.71. The third-order valence-corrected chi connectivity index (χ3v) is 4.51. The van der Waals surface area contributed by atoms with Crippen LogP contribution >= 0.6 is 0 Å². The number of benzene rings is 2. The lowest BCUT2D eigenvalue weighted by Crippen LogP contribution is -2.36. The molecule has 1 fully saturated rings. The van der Waals surface area contributed by atoms with Crippen LogP contribution < -0.4 is 15.8 Å². The van der Waals surface area contributed by atoms with Crippen molar-refractivity contribution in [2.75, 3.05) is 19.0 Å². The van der Waals surface area contributed by atoms with Gasteiger partial charge in [-0.15, -0.1) is 0 Å². The molecular weight excluding hydrogens is 374 g/mol. The SMILES string of the molecule is COc1ccc(CN(C(=O)COC(=O)c2cccc(NC(N)=O)c2)C2CC2)cc1. The van der Waals surface area contributed by atoms with Gasteiger partial charge >= 0.3 is 12.0 Å². The van der Waals surface area contributed by atoms with Gasteiger partial charge in [-0.3, -0.25) is 4.79 Å². The number of nitrogens with zero attached hydrogens (tertiary/aromatic N) is 1. The van der Waals surface area contributed by atoms with Crippen LogP contribution in [-0.4, -0.2) is 42.6 Å². The molecule has 3 amide bonds. The molecule has 1 aliphatic rings. The summed E-state index contributed by atoms with van der Waals surface area (Å²) in [5, 5.41) is 2.39. The lowest BCUT2D eigenvalue weighted by Gasteiger charge is -2.22. The van der Waals surface area contributed by atoms with Gasteiger partial charge in [-0.05, 0) is 48.7 Å². The van der Waals surface area contributed by atoms with Crippen LogP contribution in [0, 0.1) is 0 Å². The summed E-state index contributed by atoms with van der Waals surface area (Å²) in [4.78, 5) is 37.6. The van der Waals surface area contributed by atoms with E-state index in [1.807, 2.05) is 24.3 Å². The largest absolute Gasteiger partial charge is 0.497 e. The number of ether oxygens (including phenoxy) is 2. The number of urea groups is 1. The van der Waals surface area contributed by atoms with Crippen LogP contribution in [0.4, 0.5) is 10.5 Å². The van der Waals surface area contributed by atoms with Gasteiger partial charge in [0.25, 0.3) is 5.91 Å². The zero-order valence-electron chi connectivity index (χ0n) is 16.1. The van der Waals surface area contributed by atoms with E-state index in [0.717, 1.165) is 24.2 Å². The first-order valence-corrected chi connectivity index (χ1v) is 9.22. The van der Waals surface area contributed by atoms with Crippen molar-refractivity contribution < 1.29 is 23.9 Å². The van der Waals surface area contributed by atoms with E-state index in [0.29, 0.717) is 12.2 Å². The molecule has 1 aliphatic carbocycles. The van der Waals surface area contributed by atoms with Gasteiger partial charge in [-0.25, -0.2) is 9.59 Å². The monoisotopic (exact) mass is 397 g/mol. The molecule has 8 nitrogen and oxygen atoms in total. The number of carbonyl (C=O) groups excluding carboxylic acids is 3. The van der Waals surface area contributed by atoms with Gasteiger partial charge in [0.1, 0.15) is 5.75 Å². The second kappa shape index (κ2) is 9.09. The predicted octanol–water partition coefficient (Wildman–Crippen LogP) is 2.53. The molecule has 2 aromatic carbocycles. The second-order valence-electron chi connectivity index (χ2n) is 6.75. The molecule has 29 heavy (non-hydrogen) atoms. The Morgan fingerprint density at radius 2 is 1.86 bits per heavy atom. The zero-order valence-corrected chi connectivity index (χ0v) is 16.1. The number of primary amides is 1. The van der Waals surface area contributed by atoms with Crippen LogP contribution in [0.1, 0.15) is 28.8 Å². The highest BCUT2D eigenvalue weighted by molar-refractivity contribution is 5.94. The van der Waals surface area contributed by atoms with Crippen molar-refractivity contribution in [1.82, 2.24) is 4.90 Å². The van der Waals surface area contributed by atoms with Gasteiger partial charge < -0.3 is 25.4 Å². The lowest BCUT2D eigenvalue weighted by atomic mass is 10.2. The number of nitrogens with one attached hydrogen (secondary N) is 1. The Morgan fingerprint density at radius 3 is 2.48 bits per heavy atom. The first-order valence-electron chi connectivity index (χ1n) is 9.22. The van der Waals surface area contributed by atoms with E-state index in [4.69, 9.17) is 15.2 Å². The maximum atomic E-state index is 12.7. The van der Waals surface area contributed by atoms with Crippen molar-refractivity contribution in [3.05, 3.63) is 59.7 Å². The zero-order chi connectivity index (χ0) is 20.8. The number of nitrogens with two attached hydrogens (primary N) is 1. The molecule has 1 saturated carbocycles. The first kappa shape index (κ1) is 20.2. The first-order chi connectivity index (χ1) is 14.0. The third-order valence-electron chi connectivity index (χ3n) is 4.51. The molecule has 3 rings (SSSR count). The maximum absolute atomic E-state index is 12.7. The summed E-state index contributed by atoms with van der Waals surface area (Å²) in [6, 6.07) is 13.1. The van der Waals surface area contributed by atoms with Gasteiger partial charge in [-0.1, -0.05) is 18.2 Å². The summed E-state index contributed by atoms with van der Waals surface area (Å²) in [6.45, 7) is 0.0992. The fraction of sp³-hybridized carbons (Fsp3) is 0.286. The van der Waals surface area contributed by atoms with Crippen molar-refractivity contribution in [2.45, 2.75) is 25.4 Å². The number of rotatable bonds is 8. The smallest absolute Gasteiger partial charge is 0.338 e. The van der Waals surface area contributed by atoms with Gasteiger partial charge in [0.05, 0.1) is 12.7 Å². The van der Waals surface area contributed by atoms with E-state index in [1.165, 1.54) is 12.1 Å². The Bertz CT molecular complexity index is 893. The van der Waals surface area contributed by atoms with E-state index >= 15 is 0 Å². The van der Waals surface area contributed by atoms with Gasteiger partial charge in [0, 0.05) is 18.3 Å². The molecule has 0 heterocycles. The average molecular weight is 397 g/mol. The predicted molar refractivity (Wildman–Crippen MR) is 106 cm³/mol. The number of amides is 3. The molecule has 152 valence electrons. The van der Waals surface area contributed by atoms with Crippen molar-refractivity contribution >= 4 is 23.6 Å². The lowest BCUT2D eigenvalue weighted by molar-refractivity contribution is -0.135. The second-order valence-corrected chi connectivity index (χ2v) is 6.75. The van der Waals surface area contributed by atoms with Crippen molar-refractivity contribution in [2.24, 2.45) is 5.73 Å². The Labute approximate surface area is 168 Å². The summed E-state index contributed by atoms with van der Waals surface area (Å²) in [6.07, 6.45) is 1.88. The van der Waals surface area contributed by atoms with Crippen molar-refractivity contribution in [3.63, 3.8) is 0 Å². The number of anilines is 1. The molecule has 2 aromatic rings. The summed E-state index contributed by atoms with van der Waals surface area (Å²) < 4.78 is 10.3. The summed E-state index contributed by atoms with van der Waals surface area (Å²) in [5.74, 6) is -0.144. The summed E-state index contributed by atoms with van der Waals surface area (Å²) >= 11 is 0. The minimum Gasteiger partial charge on any atom is -0.497 e. The van der Waals surface area contributed by atoms with Crippen LogP contribution in [0.3, 0.4) is 0 Å². The molecule has 8 heteroatoms. The van der Waals surface area contributed by atoms with Crippen LogP contribution in [0.2, 0.25) is 0 Å². The molecule has 3 N–H and O–H groups in total. The number of hydrogen-bond donors (Lipinski definition) is 2. The highest BCUT2D eigenvalue weighted by Gasteiger charge is 2.33. The standard InChI is InChI=1S/C21H23N3O5/c1-28-18-9-5-14(6-10-18)12-24(17-7-8-17)19(25)13-29-20(26)15-3-2-4-16(11-15)23-21(22)27/h2-6,9-11,17H,7-8,12-13H2,1H3,(H3,22,23,27). The van der Waals surface area contributed by atoms with E-state index < -0.39 is 12.0 Å². The van der Waals surface area contributed by atoms with E-state index in [-0.39, 0.29) is 24.1 Å². The molecule has 0 radical (unpaired) electrons. The number of methoxy groups -OCH3 is 1. The van der Waals surface area contributed by atoms with Crippen LogP contribution in [-0.2, 0) is 16.1 Å². The van der Waals surface area contributed by atoms with Gasteiger partial charge in [0.15, 0.2) is 6.61 Å². The Kier molecular flexibility index (Phi) is 6.33. The molecule has 0 aromatic heterocycles. The maximum Gasteiger partial charge on any atom is 0.338 e. The molecule has 0 unspecified atom stereocenters. The van der Waals surface area contributed by atoms with Crippen molar-refractivity contribution in [1.29, 1.82) is 0 Å². The normalized spacial score (nSPS) is 12.7.